The molecule has 0 aliphatic carbocycles. The predicted molar refractivity (Wildman–Crippen MR) is 73.3 cm³/mol. The van der Waals surface area contributed by atoms with Crippen molar-refractivity contribution in [2.24, 2.45) is 5.73 Å². The van der Waals surface area contributed by atoms with Gasteiger partial charge in [0.15, 0.2) is 0 Å². The fourth-order valence-corrected chi connectivity index (χ4v) is 3.13. The average molecular weight is 253 g/mol. The second-order valence-corrected chi connectivity index (χ2v) is 5.72. The summed E-state index contributed by atoms with van der Waals surface area (Å²) in [5.41, 5.74) is 5.98. The Morgan fingerprint density at radius 1 is 1.33 bits per heavy atom. The molecule has 1 amide bonds. The van der Waals surface area contributed by atoms with E-state index in [0.29, 0.717) is 6.04 Å². The van der Waals surface area contributed by atoms with Crippen LogP contribution in [0.1, 0.15) is 45.4 Å². The molecular weight excluding hydrogens is 226 g/mol. The maximum atomic E-state index is 12.2. The first kappa shape index (κ1) is 13.8. The fraction of sp³-hybridized carbons (Fsp3) is 0.929. The molecule has 2 saturated heterocycles. The average Bonchev–Trinajstić information content (AvgIpc) is 3.04. The molecule has 0 saturated carbocycles. The van der Waals surface area contributed by atoms with Gasteiger partial charge in [-0.25, -0.2) is 0 Å². The van der Waals surface area contributed by atoms with Gasteiger partial charge < -0.3 is 10.6 Å². The summed E-state index contributed by atoms with van der Waals surface area (Å²) in [6, 6.07) is 0.317. The van der Waals surface area contributed by atoms with Crippen molar-refractivity contribution >= 4 is 5.91 Å². The van der Waals surface area contributed by atoms with Crippen LogP contribution >= 0.6 is 0 Å². The number of amides is 1. The lowest BCUT2D eigenvalue weighted by atomic mass is 10.1. The van der Waals surface area contributed by atoms with Crippen LogP contribution in [-0.4, -0.2) is 54.0 Å². The number of hydrogen-bond donors (Lipinski definition) is 1. The molecule has 0 aromatic heterocycles. The molecule has 2 heterocycles. The van der Waals surface area contributed by atoms with E-state index in [1.807, 2.05) is 4.90 Å². The monoisotopic (exact) mass is 253 g/mol. The fourth-order valence-electron chi connectivity index (χ4n) is 3.13. The van der Waals surface area contributed by atoms with Gasteiger partial charge in [-0.3, -0.25) is 9.69 Å². The van der Waals surface area contributed by atoms with E-state index in [1.165, 1.54) is 25.9 Å². The summed E-state index contributed by atoms with van der Waals surface area (Å²) in [6.07, 6.45) is 6.76. The number of hydrogen-bond acceptors (Lipinski definition) is 3. The first-order chi connectivity index (χ1) is 8.72. The molecule has 2 rings (SSSR count). The van der Waals surface area contributed by atoms with Crippen LogP contribution in [0.4, 0.5) is 0 Å². The van der Waals surface area contributed by atoms with E-state index in [0.717, 1.165) is 38.8 Å². The summed E-state index contributed by atoms with van der Waals surface area (Å²) in [6.45, 7) is 6.37. The number of nitrogens with zero attached hydrogens (tertiary/aromatic N) is 2. The van der Waals surface area contributed by atoms with Crippen molar-refractivity contribution in [3.05, 3.63) is 0 Å². The Morgan fingerprint density at radius 3 is 2.72 bits per heavy atom. The standard InChI is InChI=1S/C14H27N3O/c1-2-3-6-13(15)14(18)17-10-7-12(11-17)16-8-4-5-9-16/h12-13H,2-11,15H2,1H3/t12?,13-/m0/s1. The van der Waals surface area contributed by atoms with Crippen LogP contribution in [0, 0.1) is 0 Å². The predicted octanol–water partition coefficient (Wildman–Crippen LogP) is 1.20. The van der Waals surface area contributed by atoms with E-state index in [-0.39, 0.29) is 11.9 Å². The maximum absolute atomic E-state index is 12.2. The molecule has 2 atom stereocenters. The maximum Gasteiger partial charge on any atom is 0.239 e. The minimum Gasteiger partial charge on any atom is -0.340 e. The first-order valence-electron chi connectivity index (χ1n) is 7.50. The molecule has 18 heavy (non-hydrogen) atoms. The minimum atomic E-state index is -0.276. The Hall–Kier alpha value is -0.610. The van der Waals surface area contributed by atoms with Gasteiger partial charge in [-0.05, 0) is 38.8 Å². The molecule has 1 unspecified atom stereocenters. The van der Waals surface area contributed by atoms with Gasteiger partial charge >= 0.3 is 0 Å². The van der Waals surface area contributed by atoms with Gasteiger partial charge in [0.2, 0.25) is 5.91 Å². The molecule has 2 N–H and O–H groups in total. The Bertz CT molecular complexity index is 276. The van der Waals surface area contributed by atoms with Crippen molar-refractivity contribution in [2.75, 3.05) is 26.2 Å². The van der Waals surface area contributed by atoms with Gasteiger partial charge in [0.25, 0.3) is 0 Å². The van der Waals surface area contributed by atoms with E-state index < -0.39 is 0 Å². The van der Waals surface area contributed by atoms with E-state index >= 15 is 0 Å². The molecule has 0 radical (unpaired) electrons. The van der Waals surface area contributed by atoms with E-state index in [9.17, 15) is 4.79 Å². The molecule has 2 aliphatic rings. The number of rotatable bonds is 5. The number of unbranched alkanes of at least 4 members (excludes halogenated alkanes) is 1. The van der Waals surface area contributed by atoms with Crippen LogP contribution in [0.2, 0.25) is 0 Å². The highest BCUT2D eigenvalue weighted by atomic mass is 16.2. The third-order valence-corrected chi connectivity index (χ3v) is 4.32. The lowest BCUT2D eigenvalue weighted by Crippen LogP contribution is -2.44. The van der Waals surface area contributed by atoms with E-state index in [1.54, 1.807) is 0 Å². The molecule has 4 heteroatoms. The highest BCUT2D eigenvalue weighted by Crippen LogP contribution is 2.21. The van der Waals surface area contributed by atoms with Gasteiger partial charge in [-0.2, -0.15) is 0 Å². The Labute approximate surface area is 110 Å². The highest BCUT2D eigenvalue weighted by Gasteiger charge is 2.32. The molecule has 0 aromatic carbocycles. The molecule has 0 bridgehead atoms. The summed E-state index contributed by atoms with van der Waals surface area (Å²) >= 11 is 0. The minimum absolute atomic E-state index is 0.171. The Balaban J connectivity index is 1.78. The Kier molecular flexibility index (Phi) is 5.01. The van der Waals surface area contributed by atoms with Crippen LogP contribution < -0.4 is 5.73 Å². The van der Waals surface area contributed by atoms with Gasteiger partial charge in [-0.15, -0.1) is 0 Å². The highest BCUT2D eigenvalue weighted by molar-refractivity contribution is 5.81. The lowest BCUT2D eigenvalue weighted by Gasteiger charge is -2.25. The summed E-state index contributed by atoms with van der Waals surface area (Å²) in [4.78, 5) is 16.7. The zero-order chi connectivity index (χ0) is 13.0. The zero-order valence-corrected chi connectivity index (χ0v) is 11.6. The molecule has 104 valence electrons. The molecular formula is C14H27N3O. The molecule has 2 fully saturated rings. The molecule has 0 aromatic rings. The third kappa shape index (κ3) is 3.23. The van der Waals surface area contributed by atoms with Crippen LogP contribution in [0.5, 0.6) is 0 Å². The van der Waals surface area contributed by atoms with Gasteiger partial charge in [-0.1, -0.05) is 19.8 Å². The number of carbonyl (C=O) groups is 1. The van der Waals surface area contributed by atoms with Gasteiger partial charge in [0, 0.05) is 19.1 Å². The second kappa shape index (κ2) is 6.53. The summed E-state index contributed by atoms with van der Waals surface area (Å²) in [5, 5.41) is 0. The van der Waals surface area contributed by atoms with Gasteiger partial charge in [0.05, 0.1) is 6.04 Å². The summed E-state index contributed by atoms with van der Waals surface area (Å²) in [7, 11) is 0. The van der Waals surface area contributed by atoms with Crippen LogP contribution in [0.25, 0.3) is 0 Å². The van der Waals surface area contributed by atoms with Gasteiger partial charge in [0.1, 0.15) is 0 Å². The van der Waals surface area contributed by atoms with E-state index in [4.69, 9.17) is 5.73 Å². The second-order valence-electron chi connectivity index (χ2n) is 5.72. The third-order valence-electron chi connectivity index (χ3n) is 4.32. The van der Waals surface area contributed by atoms with E-state index in [2.05, 4.69) is 11.8 Å². The smallest absolute Gasteiger partial charge is 0.239 e. The zero-order valence-electron chi connectivity index (χ0n) is 11.6. The Morgan fingerprint density at radius 2 is 2.06 bits per heavy atom. The largest absolute Gasteiger partial charge is 0.340 e. The number of carbonyl (C=O) groups excluding carboxylic acids is 1. The quantitative estimate of drug-likeness (QED) is 0.801. The van der Waals surface area contributed by atoms with Crippen molar-refractivity contribution in [2.45, 2.75) is 57.5 Å². The number of likely N-dealkylation sites (tertiary alicyclic amines) is 2. The van der Waals surface area contributed by atoms with Crippen molar-refractivity contribution in [1.29, 1.82) is 0 Å². The van der Waals surface area contributed by atoms with Crippen molar-refractivity contribution in [3.8, 4) is 0 Å². The molecule has 4 nitrogen and oxygen atoms in total. The summed E-state index contributed by atoms with van der Waals surface area (Å²) < 4.78 is 0. The first-order valence-corrected chi connectivity index (χ1v) is 7.50. The van der Waals surface area contributed by atoms with Crippen molar-refractivity contribution in [1.82, 2.24) is 9.80 Å². The van der Waals surface area contributed by atoms with Crippen LogP contribution in [0.3, 0.4) is 0 Å². The lowest BCUT2D eigenvalue weighted by molar-refractivity contribution is -0.131. The molecule has 0 spiro atoms. The van der Waals surface area contributed by atoms with Crippen LogP contribution in [0.15, 0.2) is 0 Å². The van der Waals surface area contributed by atoms with Crippen molar-refractivity contribution < 1.29 is 4.79 Å². The molecule has 2 aliphatic heterocycles. The summed E-state index contributed by atoms with van der Waals surface area (Å²) in [5.74, 6) is 0.171. The normalized spacial score (nSPS) is 26.8. The topological polar surface area (TPSA) is 49.6 Å². The number of nitrogens with two attached hydrogens (primary N) is 1. The van der Waals surface area contributed by atoms with Crippen molar-refractivity contribution in [3.63, 3.8) is 0 Å². The SMILES string of the molecule is CCCC[C@H](N)C(=O)N1CCC(N2CCCC2)C1. The van der Waals surface area contributed by atoms with Crippen LogP contribution in [-0.2, 0) is 4.79 Å².